The van der Waals surface area contributed by atoms with Crippen molar-refractivity contribution < 1.29 is 4.74 Å². The molecule has 2 heteroatoms. The highest BCUT2D eigenvalue weighted by molar-refractivity contribution is 14.1. The average molecular weight is 240 g/mol. The molecule has 3 unspecified atom stereocenters. The summed E-state index contributed by atoms with van der Waals surface area (Å²) < 4.78 is 6.19. The number of alkyl halides is 1. The van der Waals surface area contributed by atoms with Crippen molar-refractivity contribution in [3.63, 3.8) is 0 Å². The number of halogens is 1. The topological polar surface area (TPSA) is 9.23 Å². The fourth-order valence-corrected chi connectivity index (χ4v) is 1.64. The minimum absolute atomic E-state index is 0.528. The highest BCUT2D eigenvalue weighted by atomic mass is 127. The first-order valence-corrected chi connectivity index (χ1v) is 4.70. The predicted molar refractivity (Wildman–Crippen MR) is 47.0 cm³/mol. The van der Waals surface area contributed by atoms with E-state index in [4.69, 9.17) is 4.74 Å². The Labute approximate surface area is 70.3 Å². The third kappa shape index (κ3) is 2.08. The Balaban J connectivity index is 2.30. The van der Waals surface area contributed by atoms with Crippen molar-refractivity contribution in [3.05, 3.63) is 0 Å². The van der Waals surface area contributed by atoms with E-state index in [0.717, 1.165) is 12.5 Å². The summed E-state index contributed by atoms with van der Waals surface area (Å²) in [5.74, 6) is 0.784. The molecule has 1 fully saturated rings. The van der Waals surface area contributed by atoms with Gasteiger partial charge in [0.05, 0.1) is 6.10 Å². The lowest BCUT2D eigenvalue weighted by Crippen LogP contribution is -2.15. The summed E-state index contributed by atoms with van der Waals surface area (Å²) in [6.45, 7) is 5.43. The van der Waals surface area contributed by atoms with E-state index in [2.05, 4.69) is 36.4 Å². The van der Waals surface area contributed by atoms with Gasteiger partial charge in [0.15, 0.2) is 0 Å². The number of ether oxygens (including phenoxy) is 1. The molecule has 0 amide bonds. The van der Waals surface area contributed by atoms with Crippen molar-refractivity contribution in [2.24, 2.45) is 5.92 Å². The Morgan fingerprint density at radius 3 is 2.56 bits per heavy atom. The van der Waals surface area contributed by atoms with Crippen LogP contribution >= 0.6 is 22.6 Å². The highest BCUT2D eigenvalue weighted by Crippen LogP contribution is 2.24. The van der Waals surface area contributed by atoms with Gasteiger partial charge in [0.1, 0.15) is 0 Å². The maximum atomic E-state index is 5.52. The number of hydrogen-bond donors (Lipinski definition) is 0. The normalized spacial score (nSPS) is 39.0. The lowest BCUT2D eigenvalue weighted by Gasteiger charge is -2.10. The average Bonchev–Trinajstić information content (AvgIpc) is 2.14. The molecule has 0 aromatic heterocycles. The smallest absolute Gasteiger partial charge is 0.0693 e. The van der Waals surface area contributed by atoms with Crippen LogP contribution in [-0.4, -0.2) is 16.6 Å². The van der Waals surface area contributed by atoms with E-state index in [9.17, 15) is 0 Å². The molecule has 1 nitrogen and oxygen atoms in total. The van der Waals surface area contributed by atoms with Crippen LogP contribution in [0.5, 0.6) is 0 Å². The molecular formula is C7H13IO. The number of hydrogen-bond acceptors (Lipinski definition) is 1. The molecule has 1 aliphatic heterocycles. The van der Waals surface area contributed by atoms with Crippen molar-refractivity contribution in [1.82, 2.24) is 0 Å². The standard InChI is InChI=1S/C7H13IO/c1-5-3-7(6(2)8)9-4-5/h5-7H,3-4H2,1-2H3. The maximum Gasteiger partial charge on any atom is 0.0693 e. The SMILES string of the molecule is CC1COC(C(C)I)C1. The first kappa shape index (κ1) is 7.79. The van der Waals surface area contributed by atoms with E-state index in [0.29, 0.717) is 10.0 Å². The molecule has 0 bridgehead atoms. The molecule has 1 aliphatic rings. The van der Waals surface area contributed by atoms with Gasteiger partial charge in [0.2, 0.25) is 0 Å². The second-order valence-electron chi connectivity index (χ2n) is 2.89. The van der Waals surface area contributed by atoms with Gasteiger partial charge in [-0.3, -0.25) is 0 Å². The van der Waals surface area contributed by atoms with Gasteiger partial charge >= 0.3 is 0 Å². The Hall–Kier alpha value is 0.690. The summed E-state index contributed by atoms with van der Waals surface area (Å²) in [7, 11) is 0. The Morgan fingerprint density at radius 1 is 1.67 bits per heavy atom. The minimum Gasteiger partial charge on any atom is -0.377 e. The molecule has 54 valence electrons. The van der Waals surface area contributed by atoms with E-state index in [1.165, 1.54) is 6.42 Å². The van der Waals surface area contributed by atoms with Gasteiger partial charge in [0, 0.05) is 10.5 Å². The first-order chi connectivity index (χ1) is 4.20. The Bertz CT molecular complexity index is 92.9. The van der Waals surface area contributed by atoms with E-state index in [-0.39, 0.29) is 0 Å². The summed E-state index contributed by atoms with van der Waals surface area (Å²) in [6, 6.07) is 0. The monoisotopic (exact) mass is 240 g/mol. The van der Waals surface area contributed by atoms with Gasteiger partial charge in [-0.15, -0.1) is 0 Å². The largest absolute Gasteiger partial charge is 0.377 e. The lowest BCUT2D eigenvalue weighted by atomic mass is 10.1. The van der Waals surface area contributed by atoms with Crippen molar-refractivity contribution >= 4 is 22.6 Å². The lowest BCUT2D eigenvalue weighted by molar-refractivity contribution is 0.111. The molecule has 0 saturated carbocycles. The van der Waals surface area contributed by atoms with Gasteiger partial charge in [-0.2, -0.15) is 0 Å². The third-order valence-corrected chi connectivity index (χ3v) is 2.54. The zero-order valence-corrected chi connectivity index (χ0v) is 8.09. The van der Waals surface area contributed by atoms with E-state index >= 15 is 0 Å². The molecule has 3 atom stereocenters. The van der Waals surface area contributed by atoms with Crippen LogP contribution in [0.4, 0.5) is 0 Å². The van der Waals surface area contributed by atoms with Crippen LogP contribution in [0.15, 0.2) is 0 Å². The van der Waals surface area contributed by atoms with Crippen molar-refractivity contribution in [2.45, 2.75) is 30.3 Å². The van der Waals surface area contributed by atoms with Crippen LogP contribution in [0, 0.1) is 5.92 Å². The van der Waals surface area contributed by atoms with E-state index in [1.54, 1.807) is 0 Å². The van der Waals surface area contributed by atoms with Crippen LogP contribution in [0.1, 0.15) is 20.3 Å². The van der Waals surface area contributed by atoms with Crippen LogP contribution in [0.3, 0.4) is 0 Å². The molecule has 0 aromatic carbocycles. The molecule has 0 spiro atoms. The summed E-state index contributed by atoms with van der Waals surface area (Å²) in [5.41, 5.74) is 0. The van der Waals surface area contributed by atoms with Gasteiger partial charge in [0.25, 0.3) is 0 Å². The van der Waals surface area contributed by atoms with Gasteiger partial charge in [-0.1, -0.05) is 36.4 Å². The molecule has 1 rings (SSSR count). The molecular weight excluding hydrogens is 227 g/mol. The second-order valence-corrected chi connectivity index (χ2v) is 4.85. The zero-order chi connectivity index (χ0) is 6.85. The Morgan fingerprint density at radius 2 is 2.33 bits per heavy atom. The maximum absolute atomic E-state index is 5.52. The van der Waals surface area contributed by atoms with Gasteiger partial charge < -0.3 is 4.74 Å². The minimum atomic E-state index is 0.528. The van der Waals surface area contributed by atoms with Crippen molar-refractivity contribution in [2.75, 3.05) is 6.61 Å². The fraction of sp³-hybridized carbons (Fsp3) is 1.00. The molecule has 0 aliphatic carbocycles. The van der Waals surface area contributed by atoms with E-state index < -0.39 is 0 Å². The van der Waals surface area contributed by atoms with Crippen LogP contribution < -0.4 is 0 Å². The molecule has 1 saturated heterocycles. The van der Waals surface area contributed by atoms with Gasteiger partial charge in [-0.05, 0) is 12.3 Å². The van der Waals surface area contributed by atoms with E-state index in [1.807, 2.05) is 0 Å². The summed E-state index contributed by atoms with van der Waals surface area (Å²) in [4.78, 5) is 0. The summed E-state index contributed by atoms with van der Waals surface area (Å²) in [6.07, 6.45) is 1.78. The number of rotatable bonds is 1. The predicted octanol–water partition coefficient (Wildman–Crippen LogP) is 2.23. The Kier molecular flexibility index (Phi) is 2.76. The fourth-order valence-electron chi connectivity index (χ4n) is 1.14. The molecule has 1 heterocycles. The summed E-state index contributed by atoms with van der Waals surface area (Å²) >= 11 is 2.43. The van der Waals surface area contributed by atoms with Crippen LogP contribution in [-0.2, 0) is 4.74 Å². The van der Waals surface area contributed by atoms with Crippen molar-refractivity contribution in [3.8, 4) is 0 Å². The second kappa shape index (κ2) is 3.19. The molecule has 0 N–H and O–H groups in total. The third-order valence-electron chi connectivity index (χ3n) is 1.74. The highest BCUT2D eigenvalue weighted by Gasteiger charge is 2.24. The van der Waals surface area contributed by atoms with Crippen LogP contribution in [0.25, 0.3) is 0 Å². The van der Waals surface area contributed by atoms with Gasteiger partial charge in [-0.25, -0.2) is 0 Å². The van der Waals surface area contributed by atoms with Crippen molar-refractivity contribution in [1.29, 1.82) is 0 Å². The van der Waals surface area contributed by atoms with Crippen LogP contribution in [0.2, 0.25) is 0 Å². The molecule has 0 aromatic rings. The zero-order valence-electron chi connectivity index (χ0n) is 5.93. The summed E-state index contributed by atoms with van der Waals surface area (Å²) in [5, 5.41) is 0. The first-order valence-electron chi connectivity index (χ1n) is 3.46. The quantitative estimate of drug-likeness (QED) is 0.504. The molecule has 9 heavy (non-hydrogen) atoms. The molecule has 0 radical (unpaired) electrons.